The van der Waals surface area contributed by atoms with Gasteiger partial charge in [0.15, 0.2) is 10.6 Å². The van der Waals surface area contributed by atoms with Crippen LogP contribution in [0.5, 0.6) is 0 Å². The van der Waals surface area contributed by atoms with Gasteiger partial charge in [0.1, 0.15) is 6.61 Å². The van der Waals surface area contributed by atoms with Gasteiger partial charge < -0.3 is 14.4 Å². The van der Waals surface area contributed by atoms with E-state index in [-0.39, 0.29) is 12.7 Å². The van der Waals surface area contributed by atoms with Gasteiger partial charge in [-0.15, -0.1) is 0 Å². The molecule has 22 heavy (non-hydrogen) atoms. The van der Waals surface area contributed by atoms with Gasteiger partial charge in [-0.3, -0.25) is 4.90 Å². The van der Waals surface area contributed by atoms with Crippen LogP contribution in [0.4, 0.5) is 0 Å². The Balaban J connectivity index is 1.72. The van der Waals surface area contributed by atoms with Gasteiger partial charge in [-0.05, 0) is 17.8 Å². The molecular weight excluding hydrogens is 300 g/mol. The van der Waals surface area contributed by atoms with Gasteiger partial charge in [-0.1, -0.05) is 30.3 Å². The first-order chi connectivity index (χ1) is 10.7. The standard InChI is InChI=1S/C15H20N4O2S/c1-17-14(10-20)16-19(15(17)22)11-18-7-8-21-13(9-18)12-5-3-2-4-6-12/h2-6,13,20H,7-11H2,1H3. The molecule has 0 bridgehead atoms. The highest BCUT2D eigenvalue weighted by atomic mass is 32.1. The average Bonchev–Trinajstić information content (AvgIpc) is 2.84. The highest BCUT2D eigenvalue weighted by molar-refractivity contribution is 7.71. The summed E-state index contributed by atoms with van der Waals surface area (Å²) in [5.41, 5.74) is 1.19. The summed E-state index contributed by atoms with van der Waals surface area (Å²) in [5.74, 6) is 0.581. The summed E-state index contributed by atoms with van der Waals surface area (Å²) in [4.78, 5) is 2.27. The number of aliphatic hydroxyl groups is 1. The number of nitrogens with zero attached hydrogens (tertiary/aromatic N) is 4. The van der Waals surface area contributed by atoms with E-state index in [0.29, 0.717) is 23.9 Å². The minimum absolute atomic E-state index is 0.0742. The van der Waals surface area contributed by atoms with Crippen LogP contribution in [0.1, 0.15) is 17.5 Å². The second kappa shape index (κ2) is 6.70. The zero-order valence-electron chi connectivity index (χ0n) is 12.6. The first kappa shape index (κ1) is 15.4. The van der Waals surface area contributed by atoms with Crippen molar-refractivity contribution in [3.05, 3.63) is 46.5 Å². The van der Waals surface area contributed by atoms with Crippen LogP contribution in [0.25, 0.3) is 0 Å². The summed E-state index contributed by atoms with van der Waals surface area (Å²) in [6, 6.07) is 10.2. The molecule has 1 aromatic carbocycles. The second-order valence-corrected chi connectivity index (χ2v) is 5.77. The molecule has 0 radical (unpaired) electrons. The van der Waals surface area contributed by atoms with Crippen molar-refractivity contribution in [3.63, 3.8) is 0 Å². The normalized spacial score (nSPS) is 19.5. The van der Waals surface area contributed by atoms with Crippen molar-refractivity contribution in [2.45, 2.75) is 19.4 Å². The van der Waals surface area contributed by atoms with E-state index in [0.717, 1.165) is 13.1 Å². The van der Waals surface area contributed by atoms with Crippen molar-refractivity contribution in [3.8, 4) is 0 Å². The number of hydrogen-bond acceptors (Lipinski definition) is 5. The second-order valence-electron chi connectivity index (χ2n) is 5.40. The molecular formula is C15H20N4O2S. The molecule has 0 aliphatic carbocycles. The fraction of sp³-hybridized carbons (Fsp3) is 0.467. The minimum atomic E-state index is -0.108. The van der Waals surface area contributed by atoms with E-state index in [9.17, 15) is 5.11 Å². The Morgan fingerprint density at radius 1 is 1.36 bits per heavy atom. The van der Waals surface area contributed by atoms with Crippen LogP contribution >= 0.6 is 12.2 Å². The maximum Gasteiger partial charge on any atom is 0.198 e. The van der Waals surface area contributed by atoms with Gasteiger partial charge >= 0.3 is 0 Å². The molecule has 1 fully saturated rings. The summed E-state index contributed by atoms with van der Waals surface area (Å²) >= 11 is 5.37. The lowest BCUT2D eigenvalue weighted by Crippen LogP contribution is -2.39. The molecule has 1 atom stereocenters. The van der Waals surface area contributed by atoms with Crippen molar-refractivity contribution in [2.24, 2.45) is 7.05 Å². The Hall–Kier alpha value is -1.54. The lowest BCUT2D eigenvalue weighted by atomic mass is 10.1. The molecule has 0 spiro atoms. The van der Waals surface area contributed by atoms with Gasteiger partial charge in [0.2, 0.25) is 0 Å². The van der Waals surface area contributed by atoms with Crippen LogP contribution < -0.4 is 0 Å². The Morgan fingerprint density at radius 2 is 2.14 bits per heavy atom. The third-order valence-corrected chi connectivity index (χ3v) is 4.41. The highest BCUT2D eigenvalue weighted by Crippen LogP contribution is 2.22. The molecule has 6 nitrogen and oxygen atoms in total. The number of hydrogen-bond donors (Lipinski definition) is 1. The smallest absolute Gasteiger partial charge is 0.198 e. The van der Waals surface area contributed by atoms with Crippen LogP contribution in [0, 0.1) is 4.77 Å². The summed E-state index contributed by atoms with van der Waals surface area (Å²) in [6.07, 6.45) is 0.0742. The Labute approximate surface area is 134 Å². The van der Waals surface area contributed by atoms with E-state index in [4.69, 9.17) is 17.0 Å². The zero-order chi connectivity index (χ0) is 15.5. The molecule has 0 saturated carbocycles. The molecule has 1 aliphatic heterocycles. The number of aromatic nitrogens is 3. The molecule has 1 aromatic heterocycles. The third kappa shape index (κ3) is 3.12. The Kier molecular flexibility index (Phi) is 4.68. The van der Waals surface area contributed by atoms with Gasteiger partial charge in [-0.25, -0.2) is 4.68 Å². The first-order valence-corrected chi connectivity index (χ1v) is 7.72. The van der Waals surface area contributed by atoms with E-state index in [1.165, 1.54) is 5.56 Å². The third-order valence-electron chi connectivity index (χ3n) is 3.93. The van der Waals surface area contributed by atoms with E-state index >= 15 is 0 Å². The zero-order valence-corrected chi connectivity index (χ0v) is 13.4. The van der Waals surface area contributed by atoms with Crippen molar-refractivity contribution in [2.75, 3.05) is 19.7 Å². The summed E-state index contributed by atoms with van der Waals surface area (Å²) in [6.45, 7) is 2.84. The van der Waals surface area contributed by atoms with Crippen molar-refractivity contribution < 1.29 is 9.84 Å². The van der Waals surface area contributed by atoms with Gasteiger partial charge in [0.05, 0.1) is 19.4 Å². The molecule has 0 amide bonds. The van der Waals surface area contributed by atoms with Crippen molar-refractivity contribution in [1.29, 1.82) is 0 Å². The highest BCUT2D eigenvalue weighted by Gasteiger charge is 2.22. The minimum Gasteiger partial charge on any atom is -0.388 e. The van der Waals surface area contributed by atoms with Crippen LogP contribution in [0.15, 0.2) is 30.3 Å². The van der Waals surface area contributed by atoms with Gasteiger partial charge in [-0.2, -0.15) is 5.10 Å². The number of morpholine rings is 1. The van der Waals surface area contributed by atoms with E-state index in [2.05, 4.69) is 22.1 Å². The predicted molar refractivity (Wildman–Crippen MR) is 84.7 cm³/mol. The summed E-state index contributed by atoms with van der Waals surface area (Å²) < 4.78 is 9.99. The quantitative estimate of drug-likeness (QED) is 0.865. The lowest BCUT2D eigenvalue weighted by Gasteiger charge is -2.32. The Morgan fingerprint density at radius 3 is 2.82 bits per heavy atom. The van der Waals surface area contributed by atoms with E-state index in [1.807, 2.05) is 25.2 Å². The number of ether oxygens (including phenoxy) is 1. The number of benzene rings is 1. The molecule has 7 heteroatoms. The fourth-order valence-corrected chi connectivity index (χ4v) is 2.86. The van der Waals surface area contributed by atoms with Crippen molar-refractivity contribution >= 4 is 12.2 Å². The lowest BCUT2D eigenvalue weighted by molar-refractivity contribution is -0.0419. The number of aliphatic hydroxyl groups excluding tert-OH is 1. The van der Waals surface area contributed by atoms with Gasteiger partial charge in [0, 0.05) is 20.1 Å². The fourth-order valence-electron chi connectivity index (χ4n) is 2.65. The molecule has 1 unspecified atom stereocenters. The van der Waals surface area contributed by atoms with Crippen LogP contribution in [-0.4, -0.2) is 44.1 Å². The van der Waals surface area contributed by atoms with Crippen LogP contribution in [0.2, 0.25) is 0 Å². The Bertz CT molecular complexity index is 683. The monoisotopic (exact) mass is 320 g/mol. The average molecular weight is 320 g/mol. The summed E-state index contributed by atoms with van der Waals surface area (Å²) in [7, 11) is 1.82. The van der Waals surface area contributed by atoms with Crippen LogP contribution in [-0.2, 0) is 25.1 Å². The largest absolute Gasteiger partial charge is 0.388 e. The maximum atomic E-state index is 9.28. The molecule has 1 saturated heterocycles. The first-order valence-electron chi connectivity index (χ1n) is 7.31. The van der Waals surface area contributed by atoms with Crippen LogP contribution in [0.3, 0.4) is 0 Å². The van der Waals surface area contributed by atoms with E-state index < -0.39 is 0 Å². The molecule has 118 valence electrons. The number of rotatable bonds is 4. The SMILES string of the molecule is Cn1c(CO)nn(CN2CCOC(c3ccccc3)C2)c1=S. The maximum absolute atomic E-state index is 9.28. The molecule has 2 heterocycles. The molecule has 1 aliphatic rings. The van der Waals surface area contributed by atoms with Gasteiger partial charge in [0.25, 0.3) is 0 Å². The van der Waals surface area contributed by atoms with Crippen molar-refractivity contribution in [1.82, 2.24) is 19.2 Å². The predicted octanol–water partition coefficient (Wildman–Crippen LogP) is 1.47. The topological polar surface area (TPSA) is 55.5 Å². The molecule has 1 N–H and O–H groups in total. The van der Waals surface area contributed by atoms with E-state index in [1.54, 1.807) is 9.25 Å². The summed E-state index contributed by atoms with van der Waals surface area (Å²) in [5, 5.41) is 13.6. The molecule has 2 aromatic rings. The molecule has 3 rings (SSSR count).